The molecule has 0 aromatic carbocycles. The Kier molecular flexibility index (Phi) is 6.70. The van der Waals surface area contributed by atoms with Crippen LogP contribution in [0.3, 0.4) is 0 Å². The molecular weight excluding hydrogens is 260 g/mol. The Labute approximate surface area is 118 Å². The van der Waals surface area contributed by atoms with Gasteiger partial charge in [-0.1, -0.05) is 13.8 Å². The van der Waals surface area contributed by atoms with Crippen molar-refractivity contribution < 1.29 is 15.3 Å². The summed E-state index contributed by atoms with van der Waals surface area (Å²) in [6.45, 7) is 5.65. The van der Waals surface area contributed by atoms with E-state index in [1.807, 2.05) is 18.7 Å². The summed E-state index contributed by atoms with van der Waals surface area (Å²) in [6, 6.07) is 1.22. The van der Waals surface area contributed by atoms with Gasteiger partial charge in [-0.25, -0.2) is 0 Å². The van der Waals surface area contributed by atoms with Gasteiger partial charge in [-0.3, -0.25) is 9.69 Å². The number of rotatable bonds is 8. The van der Waals surface area contributed by atoms with E-state index in [0.29, 0.717) is 19.5 Å². The second-order valence-electron chi connectivity index (χ2n) is 4.76. The summed E-state index contributed by atoms with van der Waals surface area (Å²) in [4.78, 5) is 13.6. The van der Waals surface area contributed by atoms with Crippen molar-refractivity contribution in [3.63, 3.8) is 0 Å². The van der Waals surface area contributed by atoms with Gasteiger partial charge in [0.2, 0.25) is 5.43 Å². The predicted molar refractivity (Wildman–Crippen MR) is 76.8 cm³/mol. The van der Waals surface area contributed by atoms with Gasteiger partial charge in [-0.05, 0) is 13.0 Å². The van der Waals surface area contributed by atoms with E-state index < -0.39 is 5.43 Å². The van der Waals surface area contributed by atoms with Gasteiger partial charge in [0.05, 0.1) is 25.5 Å². The largest absolute Gasteiger partial charge is 0.503 e. The number of aliphatic hydroxyl groups is 2. The first-order valence-corrected chi connectivity index (χ1v) is 6.95. The maximum absolute atomic E-state index is 11.6. The lowest BCUT2D eigenvalue weighted by Crippen LogP contribution is -2.30. The minimum absolute atomic E-state index is 0.0490. The SMILES string of the molecule is CCC(CO)n1cc(O)c(=O)cc1CN(CC)CCO. The Hall–Kier alpha value is -1.37. The molecule has 0 saturated heterocycles. The van der Waals surface area contributed by atoms with Gasteiger partial charge >= 0.3 is 0 Å². The highest BCUT2D eigenvalue weighted by atomic mass is 16.3. The molecule has 0 spiro atoms. The number of aromatic nitrogens is 1. The fourth-order valence-corrected chi connectivity index (χ4v) is 2.18. The van der Waals surface area contributed by atoms with E-state index in [1.165, 1.54) is 12.3 Å². The van der Waals surface area contributed by atoms with E-state index in [1.54, 1.807) is 4.57 Å². The van der Waals surface area contributed by atoms with Gasteiger partial charge in [-0.15, -0.1) is 0 Å². The Bertz CT molecular complexity index is 469. The molecule has 1 unspecified atom stereocenters. The smallest absolute Gasteiger partial charge is 0.223 e. The first kappa shape index (κ1) is 16.7. The number of hydrogen-bond acceptors (Lipinski definition) is 5. The molecule has 0 bridgehead atoms. The van der Waals surface area contributed by atoms with Crippen molar-refractivity contribution in [2.45, 2.75) is 32.9 Å². The first-order valence-electron chi connectivity index (χ1n) is 6.95. The number of aliphatic hydroxyl groups excluding tert-OH is 2. The quantitative estimate of drug-likeness (QED) is 0.640. The van der Waals surface area contributed by atoms with Gasteiger partial charge in [0.25, 0.3) is 0 Å². The molecule has 0 fully saturated rings. The van der Waals surface area contributed by atoms with E-state index in [-0.39, 0.29) is 25.0 Å². The van der Waals surface area contributed by atoms with Crippen molar-refractivity contribution in [1.82, 2.24) is 9.47 Å². The molecular formula is C14H24N2O4. The zero-order valence-electron chi connectivity index (χ0n) is 12.1. The summed E-state index contributed by atoms with van der Waals surface area (Å²) in [7, 11) is 0. The molecule has 6 nitrogen and oxygen atoms in total. The molecule has 20 heavy (non-hydrogen) atoms. The van der Waals surface area contributed by atoms with Crippen LogP contribution in [0.1, 0.15) is 32.0 Å². The Morgan fingerprint density at radius 3 is 2.55 bits per heavy atom. The number of pyridine rings is 1. The number of aromatic hydroxyl groups is 1. The third kappa shape index (κ3) is 4.06. The highest BCUT2D eigenvalue weighted by Crippen LogP contribution is 2.17. The zero-order chi connectivity index (χ0) is 15.1. The number of nitrogens with zero attached hydrogens (tertiary/aromatic N) is 2. The van der Waals surface area contributed by atoms with Crippen molar-refractivity contribution >= 4 is 0 Å². The topological polar surface area (TPSA) is 85.9 Å². The third-order valence-corrected chi connectivity index (χ3v) is 3.47. The third-order valence-electron chi connectivity index (χ3n) is 3.47. The monoisotopic (exact) mass is 284 g/mol. The lowest BCUT2D eigenvalue weighted by Gasteiger charge is -2.25. The zero-order valence-corrected chi connectivity index (χ0v) is 12.1. The van der Waals surface area contributed by atoms with E-state index in [4.69, 9.17) is 5.11 Å². The lowest BCUT2D eigenvalue weighted by atomic mass is 10.2. The van der Waals surface area contributed by atoms with Crippen LogP contribution in [0, 0.1) is 0 Å². The molecule has 0 saturated carbocycles. The van der Waals surface area contributed by atoms with E-state index in [9.17, 15) is 15.0 Å². The molecule has 1 aromatic rings. The van der Waals surface area contributed by atoms with Gasteiger partial charge < -0.3 is 19.9 Å². The highest BCUT2D eigenvalue weighted by Gasteiger charge is 2.15. The van der Waals surface area contributed by atoms with Crippen molar-refractivity contribution in [2.24, 2.45) is 0 Å². The van der Waals surface area contributed by atoms with Crippen LogP contribution in [0.25, 0.3) is 0 Å². The molecule has 1 rings (SSSR count). The molecule has 1 aromatic heterocycles. The summed E-state index contributed by atoms with van der Waals surface area (Å²) in [5.74, 6) is -0.314. The molecule has 0 aliphatic carbocycles. The summed E-state index contributed by atoms with van der Waals surface area (Å²) in [5.41, 5.74) is 0.299. The van der Waals surface area contributed by atoms with Crippen LogP contribution in [0.5, 0.6) is 5.75 Å². The first-order chi connectivity index (χ1) is 9.57. The Morgan fingerprint density at radius 2 is 2.05 bits per heavy atom. The van der Waals surface area contributed by atoms with Crippen LogP contribution in [0.15, 0.2) is 17.1 Å². The van der Waals surface area contributed by atoms with Gasteiger partial charge in [0, 0.05) is 24.8 Å². The standard InChI is InChI=1S/C14H24N2O4/c1-3-11(10-18)16-9-14(20)13(19)7-12(16)8-15(4-2)5-6-17/h7,9,11,17-18,20H,3-6,8,10H2,1-2H3. The fraction of sp³-hybridized carbons (Fsp3) is 0.643. The average molecular weight is 284 g/mol. The molecule has 6 heteroatoms. The average Bonchev–Trinajstić information content (AvgIpc) is 2.44. The molecule has 114 valence electrons. The molecule has 1 heterocycles. The lowest BCUT2D eigenvalue weighted by molar-refractivity contribution is 0.185. The van der Waals surface area contributed by atoms with E-state index in [0.717, 1.165) is 12.2 Å². The molecule has 0 aliphatic rings. The van der Waals surface area contributed by atoms with Gasteiger partial charge in [-0.2, -0.15) is 0 Å². The second kappa shape index (κ2) is 8.04. The molecule has 0 aliphatic heterocycles. The Balaban J connectivity index is 3.14. The molecule has 1 atom stereocenters. The second-order valence-corrected chi connectivity index (χ2v) is 4.76. The summed E-state index contributed by atoms with van der Waals surface area (Å²) in [5, 5.41) is 28.0. The van der Waals surface area contributed by atoms with Crippen molar-refractivity contribution in [1.29, 1.82) is 0 Å². The van der Waals surface area contributed by atoms with E-state index >= 15 is 0 Å². The van der Waals surface area contributed by atoms with Crippen LogP contribution < -0.4 is 5.43 Å². The van der Waals surface area contributed by atoms with Crippen molar-refractivity contribution in [2.75, 3.05) is 26.3 Å². The molecule has 0 amide bonds. The van der Waals surface area contributed by atoms with Crippen LogP contribution in [0.4, 0.5) is 0 Å². The fourth-order valence-electron chi connectivity index (χ4n) is 2.18. The van der Waals surface area contributed by atoms with Crippen LogP contribution in [-0.4, -0.2) is 51.1 Å². The highest BCUT2D eigenvalue weighted by molar-refractivity contribution is 5.21. The van der Waals surface area contributed by atoms with E-state index in [2.05, 4.69) is 0 Å². The summed E-state index contributed by atoms with van der Waals surface area (Å²) in [6.07, 6.45) is 2.08. The maximum atomic E-state index is 11.6. The predicted octanol–water partition coefficient (Wildman–Crippen LogP) is 0.311. The normalized spacial score (nSPS) is 12.8. The van der Waals surface area contributed by atoms with Crippen LogP contribution in [0.2, 0.25) is 0 Å². The number of likely N-dealkylation sites (N-methyl/N-ethyl adjacent to an activating group) is 1. The van der Waals surface area contributed by atoms with Gasteiger partial charge in [0.15, 0.2) is 5.75 Å². The maximum Gasteiger partial charge on any atom is 0.223 e. The minimum atomic E-state index is -0.427. The van der Waals surface area contributed by atoms with Crippen molar-refractivity contribution in [3.8, 4) is 5.75 Å². The van der Waals surface area contributed by atoms with Crippen molar-refractivity contribution in [3.05, 3.63) is 28.2 Å². The number of hydrogen-bond donors (Lipinski definition) is 3. The van der Waals surface area contributed by atoms with Crippen LogP contribution >= 0.6 is 0 Å². The minimum Gasteiger partial charge on any atom is -0.503 e. The molecule has 0 radical (unpaired) electrons. The summed E-state index contributed by atoms with van der Waals surface area (Å²) >= 11 is 0. The Morgan fingerprint density at radius 1 is 1.35 bits per heavy atom. The van der Waals surface area contributed by atoms with Gasteiger partial charge in [0.1, 0.15) is 0 Å². The summed E-state index contributed by atoms with van der Waals surface area (Å²) < 4.78 is 1.75. The van der Waals surface area contributed by atoms with Crippen LogP contribution in [-0.2, 0) is 6.54 Å². The molecule has 3 N–H and O–H groups in total.